The highest BCUT2D eigenvalue weighted by atomic mass is 16.5. The summed E-state index contributed by atoms with van der Waals surface area (Å²) >= 11 is 0. The second kappa shape index (κ2) is 7.42. The fraction of sp³-hybridized carbons (Fsp3) is 0.571. The van der Waals surface area contributed by atoms with Crippen LogP contribution in [0.4, 0.5) is 0 Å². The first-order valence-electron chi connectivity index (χ1n) is 6.03. The lowest BCUT2D eigenvalue weighted by molar-refractivity contribution is 0.192. The molecule has 1 aromatic rings. The summed E-state index contributed by atoms with van der Waals surface area (Å²) in [6.07, 6.45) is 2.30. The second-order valence-electron chi connectivity index (χ2n) is 4.29. The Morgan fingerprint density at radius 3 is 2.81 bits per heavy atom. The summed E-state index contributed by atoms with van der Waals surface area (Å²) in [4.78, 5) is 0. The minimum Gasteiger partial charge on any atom is -0.385 e. The topological polar surface area (TPSA) is 21.3 Å². The van der Waals surface area contributed by atoms with Crippen molar-refractivity contribution in [3.8, 4) is 0 Å². The van der Waals surface area contributed by atoms with Crippen LogP contribution in [0.2, 0.25) is 0 Å². The van der Waals surface area contributed by atoms with E-state index in [1.54, 1.807) is 7.11 Å². The van der Waals surface area contributed by atoms with Crippen LogP contribution in [0.3, 0.4) is 0 Å². The molecule has 2 heteroatoms. The van der Waals surface area contributed by atoms with Crippen molar-refractivity contribution in [1.82, 2.24) is 5.32 Å². The smallest absolute Gasteiger partial charge is 0.0462 e. The zero-order chi connectivity index (χ0) is 11.8. The van der Waals surface area contributed by atoms with Gasteiger partial charge in [-0.2, -0.15) is 0 Å². The van der Waals surface area contributed by atoms with Gasteiger partial charge in [0, 0.05) is 19.8 Å². The van der Waals surface area contributed by atoms with Crippen molar-refractivity contribution in [1.29, 1.82) is 0 Å². The molecule has 0 heterocycles. The third-order valence-corrected chi connectivity index (χ3v) is 2.77. The highest BCUT2D eigenvalue weighted by Crippen LogP contribution is 2.13. The van der Waals surface area contributed by atoms with Crippen LogP contribution in [-0.4, -0.2) is 20.3 Å². The monoisotopic (exact) mass is 221 g/mol. The zero-order valence-electron chi connectivity index (χ0n) is 10.6. The van der Waals surface area contributed by atoms with E-state index in [1.807, 2.05) is 0 Å². The molecule has 1 N–H and O–H groups in total. The van der Waals surface area contributed by atoms with Crippen LogP contribution in [0.15, 0.2) is 24.3 Å². The molecule has 0 aliphatic heterocycles. The van der Waals surface area contributed by atoms with Gasteiger partial charge in [-0.3, -0.25) is 0 Å². The molecule has 0 fully saturated rings. The average molecular weight is 221 g/mol. The van der Waals surface area contributed by atoms with Gasteiger partial charge in [-0.15, -0.1) is 0 Å². The maximum absolute atomic E-state index is 5.02. The molecule has 90 valence electrons. The van der Waals surface area contributed by atoms with Gasteiger partial charge in [0.05, 0.1) is 0 Å². The first kappa shape index (κ1) is 13.2. The molecular weight excluding hydrogens is 198 g/mol. The molecule has 0 aliphatic rings. The van der Waals surface area contributed by atoms with Gasteiger partial charge in [0.1, 0.15) is 0 Å². The zero-order valence-corrected chi connectivity index (χ0v) is 10.6. The third kappa shape index (κ3) is 4.77. The predicted octanol–water partition coefficient (Wildman–Crippen LogP) is 3.07. The van der Waals surface area contributed by atoms with Crippen LogP contribution in [-0.2, 0) is 4.74 Å². The van der Waals surface area contributed by atoms with Gasteiger partial charge in [-0.25, -0.2) is 0 Å². The number of hydrogen-bond acceptors (Lipinski definition) is 2. The Morgan fingerprint density at radius 1 is 1.31 bits per heavy atom. The molecule has 0 amide bonds. The molecule has 0 bridgehead atoms. The van der Waals surface area contributed by atoms with Crippen LogP contribution >= 0.6 is 0 Å². The van der Waals surface area contributed by atoms with Crippen molar-refractivity contribution >= 4 is 0 Å². The fourth-order valence-corrected chi connectivity index (χ4v) is 1.75. The molecule has 0 aliphatic carbocycles. The number of methoxy groups -OCH3 is 1. The summed E-state index contributed by atoms with van der Waals surface area (Å²) < 4.78 is 5.02. The number of unbranched alkanes of at least 4 members (excludes halogenated alkanes) is 1. The summed E-state index contributed by atoms with van der Waals surface area (Å²) in [7, 11) is 1.75. The molecule has 1 atom stereocenters. The van der Waals surface area contributed by atoms with Crippen LogP contribution in [0, 0.1) is 6.92 Å². The Labute approximate surface area is 99.0 Å². The minimum absolute atomic E-state index is 0.433. The summed E-state index contributed by atoms with van der Waals surface area (Å²) in [6.45, 7) is 6.26. The number of hydrogen-bond donors (Lipinski definition) is 1. The number of rotatable bonds is 7. The quantitative estimate of drug-likeness (QED) is 0.714. The van der Waals surface area contributed by atoms with E-state index in [2.05, 4.69) is 43.4 Å². The average Bonchev–Trinajstić information content (AvgIpc) is 2.28. The summed E-state index contributed by atoms with van der Waals surface area (Å²) in [5.74, 6) is 0. The highest BCUT2D eigenvalue weighted by molar-refractivity contribution is 5.24. The van der Waals surface area contributed by atoms with Gasteiger partial charge < -0.3 is 10.1 Å². The lowest BCUT2D eigenvalue weighted by atomic mass is 10.1. The van der Waals surface area contributed by atoms with Gasteiger partial charge in [0.2, 0.25) is 0 Å². The van der Waals surface area contributed by atoms with E-state index in [-0.39, 0.29) is 0 Å². The van der Waals surface area contributed by atoms with E-state index in [0.717, 1.165) is 19.6 Å². The lowest BCUT2D eigenvalue weighted by Crippen LogP contribution is -2.20. The third-order valence-electron chi connectivity index (χ3n) is 2.77. The second-order valence-corrected chi connectivity index (χ2v) is 4.29. The van der Waals surface area contributed by atoms with Gasteiger partial charge in [0.25, 0.3) is 0 Å². The van der Waals surface area contributed by atoms with Gasteiger partial charge in [-0.05, 0) is 38.8 Å². The number of aryl methyl sites for hydroxylation is 1. The van der Waals surface area contributed by atoms with E-state index in [9.17, 15) is 0 Å². The highest BCUT2D eigenvalue weighted by Gasteiger charge is 2.03. The summed E-state index contributed by atoms with van der Waals surface area (Å²) in [5, 5.41) is 3.53. The Bertz CT molecular complexity index is 299. The molecule has 2 nitrogen and oxygen atoms in total. The largest absolute Gasteiger partial charge is 0.385 e. The Kier molecular flexibility index (Phi) is 6.12. The van der Waals surface area contributed by atoms with Crippen molar-refractivity contribution in [2.24, 2.45) is 0 Å². The Morgan fingerprint density at radius 2 is 2.12 bits per heavy atom. The van der Waals surface area contributed by atoms with E-state index >= 15 is 0 Å². The standard InChI is InChI=1S/C14H23NO/c1-12-7-6-8-14(11-12)13(2)15-9-4-5-10-16-3/h6-8,11,13,15H,4-5,9-10H2,1-3H3/t13-/m0/s1. The number of ether oxygens (including phenoxy) is 1. The number of benzene rings is 1. The van der Waals surface area contributed by atoms with Crippen LogP contribution in [0.25, 0.3) is 0 Å². The SMILES string of the molecule is COCCCCN[C@@H](C)c1cccc(C)c1. The van der Waals surface area contributed by atoms with Crippen molar-refractivity contribution in [2.75, 3.05) is 20.3 Å². The van der Waals surface area contributed by atoms with E-state index < -0.39 is 0 Å². The predicted molar refractivity (Wildman–Crippen MR) is 68.7 cm³/mol. The fourth-order valence-electron chi connectivity index (χ4n) is 1.75. The molecule has 16 heavy (non-hydrogen) atoms. The molecule has 0 unspecified atom stereocenters. The first-order valence-corrected chi connectivity index (χ1v) is 6.03. The van der Waals surface area contributed by atoms with Crippen LogP contribution in [0.5, 0.6) is 0 Å². The van der Waals surface area contributed by atoms with E-state index in [1.165, 1.54) is 17.5 Å². The molecular formula is C14H23NO. The van der Waals surface area contributed by atoms with Gasteiger partial charge in [0.15, 0.2) is 0 Å². The molecule has 0 aromatic heterocycles. The van der Waals surface area contributed by atoms with Gasteiger partial charge in [-0.1, -0.05) is 29.8 Å². The molecule has 1 rings (SSSR count). The number of nitrogens with one attached hydrogen (secondary N) is 1. The molecule has 0 radical (unpaired) electrons. The molecule has 0 spiro atoms. The minimum atomic E-state index is 0.433. The summed E-state index contributed by atoms with van der Waals surface area (Å²) in [6, 6.07) is 9.11. The van der Waals surface area contributed by atoms with Crippen LogP contribution in [0.1, 0.15) is 36.9 Å². The lowest BCUT2D eigenvalue weighted by Gasteiger charge is -2.14. The van der Waals surface area contributed by atoms with Crippen molar-refractivity contribution < 1.29 is 4.74 Å². The molecule has 1 aromatic carbocycles. The Hall–Kier alpha value is -0.860. The van der Waals surface area contributed by atoms with E-state index in [0.29, 0.717) is 6.04 Å². The van der Waals surface area contributed by atoms with Crippen molar-refractivity contribution in [3.63, 3.8) is 0 Å². The molecule has 0 saturated heterocycles. The van der Waals surface area contributed by atoms with Crippen LogP contribution < -0.4 is 5.32 Å². The van der Waals surface area contributed by atoms with E-state index in [4.69, 9.17) is 4.74 Å². The normalized spacial score (nSPS) is 12.7. The maximum Gasteiger partial charge on any atom is 0.0462 e. The first-order chi connectivity index (χ1) is 7.74. The molecule has 0 saturated carbocycles. The Balaban J connectivity index is 2.27. The van der Waals surface area contributed by atoms with Crippen molar-refractivity contribution in [3.05, 3.63) is 35.4 Å². The maximum atomic E-state index is 5.02. The van der Waals surface area contributed by atoms with Gasteiger partial charge >= 0.3 is 0 Å². The van der Waals surface area contributed by atoms with Crippen molar-refractivity contribution in [2.45, 2.75) is 32.7 Å². The summed E-state index contributed by atoms with van der Waals surface area (Å²) in [5.41, 5.74) is 2.69.